The van der Waals surface area contributed by atoms with Crippen LogP contribution in [0.2, 0.25) is 0 Å². The first-order chi connectivity index (χ1) is 14.1. The van der Waals surface area contributed by atoms with Crippen LogP contribution >= 0.6 is 0 Å². The van der Waals surface area contributed by atoms with Gasteiger partial charge in [0.05, 0.1) is 28.9 Å². The Morgan fingerprint density at radius 3 is 2.67 bits per heavy atom. The summed E-state index contributed by atoms with van der Waals surface area (Å²) in [6, 6.07) is 8.08. The molecule has 6 nitrogen and oxygen atoms in total. The van der Waals surface area contributed by atoms with Gasteiger partial charge in [0.25, 0.3) is 0 Å². The maximum Gasteiger partial charge on any atom is 0.416 e. The number of alkyl halides is 3. The molecular formula is C21H20F3N3O3. The van der Waals surface area contributed by atoms with Crippen LogP contribution in [0, 0.1) is 5.92 Å². The summed E-state index contributed by atoms with van der Waals surface area (Å²) < 4.78 is 44.6. The van der Waals surface area contributed by atoms with Crippen molar-refractivity contribution < 1.29 is 22.7 Å². The summed E-state index contributed by atoms with van der Waals surface area (Å²) in [5.74, 6) is -0.359. The van der Waals surface area contributed by atoms with Crippen LogP contribution in [0.5, 0.6) is 5.75 Å². The van der Waals surface area contributed by atoms with E-state index in [-0.39, 0.29) is 18.3 Å². The van der Waals surface area contributed by atoms with Gasteiger partial charge in [0.15, 0.2) is 0 Å². The number of hydrogen-bond acceptors (Lipinski definition) is 3. The number of carbonyl (C=O) groups is 1. The summed E-state index contributed by atoms with van der Waals surface area (Å²) in [5, 5.41) is 2.64. The van der Waals surface area contributed by atoms with E-state index in [0.717, 1.165) is 12.1 Å². The maximum atomic E-state index is 13.0. The van der Waals surface area contributed by atoms with Gasteiger partial charge in [0.2, 0.25) is 5.91 Å². The largest absolute Gasteiger partial charge is 0.493 e. The molecule has 0 aliphatic heterocycles. The highest BCUT2D eigenvalue weighted by atomic mass is 19.4. The van der Waals surface area contributed by atoms with E-state index in [1.807, 2.05) is 13.8 Å². The van der Waals surface area contributed by atoms with Crippen molar-refractivity contribution in [2.75, 3.05) is 11.9 Å². The Bertz CT molecular complexity index is 1140. The summed E-state index contributed by atoms with van der Waals surface area (Å²) in [6.45, 7) is 3.99. The van der Waals surface area contributed by atoms with E-state index in [0.29, 0.717) is 22.3 Å². The minimum atomic E-state index is -4.50. The number of amides is 1. The van der Waals surface area contributed by atoms with Crippen LogP contribution in [0.15, 0.2) is 47.3 Å². The fourth-order valence-corrected chi connectivity index (χ4v) is 2.73. The Labute approximate surface area is 169 Å². The van der Waals surface area contributed by atoms with E-state index in [2.05, 4.69) is 15.3 Å². The first-order valence-corrected chi connectivity index (χ1v) is 9.17. The Morgan fingerprint density at radius 2 is 1.97 bits per heavy atom. The summed E-state index contributed by atoms with van der Waals surface area (Å²) in [4.78, 5) is 28.9. The number of hydrogen-bond donors (Lipinski definition) is 3. The number of rotatable bonds is 6. The molecule has 0 bridgehead atoms. The van der Waals surface area contributed by atoms with Gasteiger partial charge < -0.3 is 20.0 Å². The smallest absolute Gasteiger partial charge is 0.416 e. The van der Waals surface area contributed by atoms with Gasteiger partial charge in [0.1, 0.15) is 5.75 Å². The zero-order valence-electron chi connectivity index (χ0n) is 16.3. The van der Waals surface area contributed by atoms with Crippen molar-refractivity contribution in [1.82, 2.24) is 9.97 Å². The van der Waals surface area contributed by atoms with E-state index in [1.54, 1.807) is 18.2 Å². The molecule has 0 aliphatic carbocycles. The van der Waals surface area contributed by atoms with Crippen molar-refractivity contribution in [1.29, 1.82) is 0 Å². The van der Waals surface area contributed by atoms with Gasteiger partial charge in [-0.25, -0.2) is 4.79 Å². The van der Waals surface area contributed by atoms with Crippen LogP contribution in [0.3, 0.4) is 0 Å². The van der Waals surface area contributed by atoms with Crippen LogP contribution < -0.4 is 15.7 Å². The van der Waals surface area contributed by atoms with Crippen molar-refractivity contribution in [2.24, 2.45) is 5.92 Å². The summed E-state index contributed by atoms with van der Waals surface area (Å²) >= 11 is 0. The molecule has 0 aliphatic rings. The highest BCUT2D eigenvalue weighted by Crippen LogP contribution is 2.33. The number of H-pyrrole nitrogens is 2. The molecule has 0 unspecified atom stereocenters. The molecule has 9 heteroatoms. The molecule has 0 atom stereocenters. The predicted molar refractivity (Wildman–Crippen MR) is 108 cm³/mol. The summed E-state index contributed by atoms with van der Waals surface area (Å²) in [6.07, 6.45) is -1.93. The molecule has 0 spiro atoms. The van der Waals surface area contributed by atoms with Gasteiger partial charge in [-0.1, -0.05) is 26.0 Å². The first-order valence-electron chi connectivity index (χ1n) is 9.17. The van der Waals surface area contributed by atoms with E-state index in [1.165, 1.54) is 18.2 Å². The number of para-hydroxylation sites is 1. The summed E-state index contributed by atoms with van der Waals surface area (Å²) in [7, 11) is 0. The Balaban J connectivity index is 1.82. The standard InChI is InChI=1S/C21H20F3N3O3/c1-12(2)11-30-17-10-14(21(22,23)24)8-6-13(17)7-9-18(28)25-15-4-3-5-16-19(15)27-20(29)26-16/h3-10,12H,11H2,1-2H3,(H,25,28)(H2,26,27,29)/b9-7+. The van der Waals surface area contributed by atoms with Crippen molar-refractivity contribution in [3.8, 4) is 5.75 Å². The molecule has 3 rings (SSSR count). The van der Waals surface area contributed by atoms with Crippen LogP contribution in [0.1, 0.15) is 25.0 Å². The number of anilines is 1. The third-order valence-corrected chi connectivity index (χ3v) is 4.14. The molecule has 0 fully saturated rings. The normalized spacial score (nSPS) is 12.1. The van der Waals surface area contributed by atoms with Gasteiger partial charge >= 0.3 is 11.9 Å². The predicted octanol–water partition coefficient (Wildman–Crippen LogP) is 4.56. The lowest BCUT2D eigenvalue weighted by molar-refractivity contribution is -0.137. The molecule has 3 aromatic rings. The zero-order chi connectivity index (χ0) is 21.9. The Morgan fingerprint density at radius 1 is 1.20 bits per heavy atom. The van der Waals surface area contributed by atoms with Crippen molar-refractivity contribution in [3.63, 3.8) is 0 Å². The Kier molecular flexibility index (Phi) is 6.00. The zero-order valence-corrected chi connectivity index (χ0v) is 16.3. The molecule has 2 aromatic carbocycles. The number of fused-ring (bicyclic) bond motifs is 1. The number of nitrogens with one attached hydrogen (secondary N) is 3. The molecule has 0 radical (unpaired) electrons. The topological polar surface area (TPSA) is 87.0 Å². The molecule has 158 valence electrons. The number of halogens is 3. The van der Waals surface area contributed by atoms with Crippen LogP contribution in [-0.2, 0) is 11.0 Å². The molecule has 3 N–H and O–H groups in total. The van der Waals surface area contributed by atoms with Crippen LogP contribution in [-0.4, -0.2) is 22.5 Å². The average Bonchev–Trinajstić information content (AvgIpc) is 3.05. The first kappa shape index (κ1) is 21.2. The fraction of sp³-hybridized carbons (Fsp3) is 0.238. The highest BCUT2D eigenvalue weighted by Gasteiger charge is 2.31. The van der Waals surface area contributed by atoms with Gasteiger partial charge in [-0.15, -0.1) is 0 Å². The fourth-order valence-electron chi connectivity index (χ4n) is 2.73. The van der Waals surface area contributed by atoms with Gasteiger partial charge in [-0.05, 0) is 36.3 Å². The lowest BCUT2D eigenvalue weighted by Gasteiger charge is -2.14. The third kappa shape index (κ3) is 5.11. The van der Waals surface area contributed by atoms with Crippen molar-refractivity contribution in [2.45, 2.75) is 20.0 Å². The molecule has 1 aromatic heterocycles. The Hall–Kier alpha value is -3.49. The molecule has 1 heterocycles. The molecule has 1 amide bonds. The van der Waals surface area contributed by atoms with Gasteiger partial charge in [-0.2, -0.15) is 13.2 Å². The molecule has 30 heavy (non-hydrogen) atoms. The number of carbonyl (C=O) groups excluding carboxylic acids is 1. The van der Waals surface area contributed by atoms with E-state index in [4.69, 9.17) is 4.74 Å². The van der Waals surface area contributed by atoms with Crippen LogP contribution in [0.25, 0.3) is 17.1 Å². The number of benzene rings is 2. The quantitative estimate of drug-likeness (QED) is 0.512. The molecular weight excluding hydrogens is 399 g/mol. The van der Waals surface area contributed by atoms with Crippen molar-refractivity contribution >= 4 is 28.7 Å². The van der Waals surface area contributed by atoms with E-state index in [9.17, 15) is 22.8 Å². The number of aromatic nitrogens is 2. The van der Waals surface area contributed by atoms with E-state index < -0.39 is 23.3 Å². The van der Waals surface area contributed by atoms with E-state index >= 15 is 0 Å². The lowest BCUT2D eigenvalue weighted by Crippen LogP contribution is -2.10. The monoisotopic (exact) mass is 419 g/mol. The second kappa shape index (κ2) is 8.48. The second-order valence-electron chi connectivity index (χ2n) is 7.09. The SMILES string of the molecule is CC(C)COc1cc(C(F)(F)F)ccc1/C=C/C(=O)Nc1cccc2[nH]c(=O)[nH]c12. The van der Waals surface area contributed by atoms with Gasteiger partial charge in [0, 0.05) is 11.6 Å². The summed E-state index contributed by atoms with van der Waals surface area (Å²) in [5.41, 5.74) is 0.481. The maximum absolute atomic E-state index is 13.0. The minimum absolute atomic E-state index is 0.0413. The average molecular weight is 419 g/mol. The molecule has 0 saturated heterocycles. The lowest BCUT2D eigenvalue weighted by atomic mass is 10.1. The number of ether oxygens (including phenoxy) is 1. The number of imidazole rings is 1. The minimum Gasteiger partial charge on any atom is -0.493 e. The van der Waals surface area contributed by atoms with Crippen molar-refractivity contribution in [3.05, 3.63) is 64.1 Å². The molecule has 0 saturated carbocycles. The second-order valence-corrected chi connectivity index (χ2v) is 7.09. The third-order valence-electron chi connectivity index (χ3n) is 4.14. The van der Waals surface area contributed by atoms with Gasteiger partial charge in [-0.3, -0.25) is 4.79 Å². The highest BCUT2D eigenvalue weighted by molar-refractivity contribution is 6.06. The van der Waals surface area contributed by atoms with Crippen LogP contribution in [0.4, 0.5) is 18.9 Å². The number of aromatic amines is 2.